The summed E-state index contributed by atoms with van der Waals surface area (Å²) in [6.07, 6.45) is 11.5. The van der Waals surface area contributed by atoms with Gasteiger partial charge in [0.15, 0.2) is 0 Å². The Morgan fingerprint density at radius 3 is 2.88 bits per heavy atom. The van der Waals surface area contributed by atoms with Gasteiger partial charge in [-0.1, -0.05) is 48.6 Å². The third-order valence-electron chi connectivity index (χ3n) is 4.93. The summed E-state index contributed by atoms with van der Waals surface area (Å²) < 4.78 is 4.88. The lowest BCUT2D eigenvalue weighted by molar-refractivity contribution is -0.137. The summed E-state index contributed by atoms with van der Waals surface area (Å²) in [5.41, 5.74) is 1.66. The lowest BCUT2D eigenvalue weighted by Crippen LogP contribution is -2.49. The molecule has 2 aromatic carbocycles. The number of esters is 1. The zero-order valence-corrected chi connectivity index (χ0v) is 19.3. The largest absolute Gasteiger partial charge is 0.463 e. The second-order valence-corrected chi connectivity index (χ2v) is 9.42. The first-order valence-corrected chi connectivity index (χ1v) is 12.3. The minimum atomic E-state index is -0.334. The van der Waals surface area contributed by atoms with E-state index in [2.05, 4.69) is 23.5 Å². The molecule has 7 heteroatoms. The SMILES string of the molecule is CCOC(=O)/C=C/CSc1cccc(NC(=O)N2c3ccccc3SC3C=CC=CC32)c1. The van der Waals surface area contributed by atoms with Gasteiger partial charge in [-0.25, -0.2) is 9.59 Å². The number of nitrogens with one attached hydrogen (secondary N) is 1. The van der Waals surface area contributed by atoms with Gasteiger partial charge in [-0.15, -0.1) is 23.5 Å². The Hall–Kier alpha value is -2.90. The van der Waals surface area contributed by atoms with Crippen molar-refractivity contribution in [2.45, 2.75) is 28.0 Å². The van der Waals surface area contributed by atoms with Crippen molar-refractivity contribution in [1.29, 1.82) is 0 Å². The summed E-state index contributed by atoms with van der Waals surface area (Å²) >= 11 is 3.37. The van der Waals surface area contributed by atoms with Gasteiger partial charge in [0.05, 0.1) is 23.6 Å². The second kappa shape index (κ2) is 10.6. The number of hydrogen-bond acceptors (Lipinski definition) is 5. The van der Waals surface area contributed by atoms with E-state index in [9.17, 15) is 9.59 Å². The summed E-state index contributed by atoms with van der Waals surface area (Å²) in [6, 6.07) is 15.5. The highest BCUT2D eigenvalue weighted by Gasteiger charge is 2.36. The van der Waals surface area contributed by atoms with E-state index < -0.39 is 0 Å². The monoisotopic (exact) mass is 464 g/mol. The van der Waals surface area contributed by atoms with Crippen LogP contribution in [0, 0.1) is 0 Å². The van der Waals surface area contributed by atoms with Crippen LogP contribution in [-0.4, -0.2) is 35.7 Å². The maximum absolute atomic E-state index is 13.4. The highest BCUT2D eigenvalue weighted by Crippen LogP contribution is 2.43. The van der Waals surface area contributed by atoms with Crippen LogP contribution in [0.1, 0.15) is 6.92 Å². The lowest BCUT2D eigenvalue weighted by atomic mass is 10.1. The van der Waals surface area contributed by atoms with Crippen LogP contribution in [0.5, 0.6) is 0 Å². The predicted molar refractivity (Wildman–Crippen MR) is 133 cm³/mol. The van der Waals surface area contributed by atoms with Crippen LogP contribution in [0.25, 0.3) is 0 Å². The van der Waals surface area contributed by atoms with Crippen LogP contribution in [0.15, 0.2) is 94.8 Å². The number of amides is 2. The maximum Gasteiger partial charge on any atom is 0.330 e. The number of urea groups is 1. The summed E-state index contributed by atoms with van der Waals surface area (Å²) in [4.78, 5) is 28.7. The minimum Gasteiger partial charge on any atom is -0.463 e. The molecule has 2 aliphatic rings. The number of para-hydroxylation sites is 1. The molecule has 1 heterocycles. The van der Waals surface area contributed by atoms with E-state index in [-0.39, 0.29) is 23.3 Å². The van der Waals surface area contributed by atoms with Crippen molar-refractivity contribution >= 4 is 46.9 Å². The number of thioether (sulfide) groups is 2. The molecule has 2 amide bonds. The van der Waals surface area contributed by atoms with Crippen molar-refractivity contribution in [2.24, 2.45) is 0 Å². The van der Waals surface area contributed by atoms with Gasteiger partial charge in [-0.3, -0.25) is 4.90 Å². The summed E-state index contributed by atoms with van der Waals surface area (Å²) in [6.45, 7) is 2.15. The molecule has 5 nitrogen and oxygen atoms in total. The van der Waals surface area contributed by atoms with Crippen LogP contribution in [0.4, 0.5) is 16.2 Å². The number of nitrogens with zero attached hydrogens (tertiary/aromatic N) is 1. The van der Waals surface area contributed by atoms with Crippen LogP contribution in [-0.2, 0) is 9.53 Å². The number of fused-ring (bicyclic) bond motifs is 2. The average molecular weight is 465 g/mol. The Morgan fingerprint density at radius 2 is 2.00 bits per heavy atom. The number of ether oxygens (including phenoxy) is 1. The highest BCUT2D eigenvalue weighted by molar-refractivity contribution is 8.00. The van der Waals surface area contributed by atoms with Crippen molar-refractivity contribution < 1.29 is 14.3 Å². The van der Waals surface area contributed by atoms with Crippen molar-refractivity contribution in [2.75, 3.05) is 22.6 Å². The van der Waals surface area contributed by atoms with Crippen molar-refractivity contribution in [3.05, 3.63) is 85.0 Å². The Bertz CT molecular complexity index is 1080. The molecule has 0 fully saturated rings. The van der Waals surface area contributed by atoms with Gasteiger partial charge in [0.1, 0.15) is 0 Å². The summed E-state index contributed by atoms with van der Waals surface area (Å²) in [7, 11) is 0. The topological polar surface area (TPSA) is 58.6 Å². The molecule has 4 rings (SSSR count). The Labute approximate surface area is 196 Å². The van der Waals surface area contributed by atoms with Gasteiger partial charge in [0.25, 0.3) is 0 Å². The zero-order chi connectivity index (χ0) is 22.3. The van der Waals surface area contributed by atoms with Crippen LogP contribution < -0.4 is 10.2 Å². The molecule has 0 saturated carbocycles. The fourth-order valence-electron chi connectivity index (χ4n) is 3.55. The fourth-order valence-corrected chi connectivity index (χ4v) is 5.58. The van der Waals surface area contributed by atoms with Crippen LogP contribution >= 0.6 is 23.5 Å². The molecule has 32 heavy (non-hydrogen) atoms. The van der Waals surface area contributed by atoms with E-state index in [4.69, 9.17) is 4.74 Å². The molecule has 2 aromatic rings. The minimum absolute atomic E-state index is 0.0366. The zero-order valence-electron chi connectivity index (χ0n) is 17.6. The molecule has 1 aliphatic heterocycles. The van der Waals surface area contributed by atoms with Gasteiger partial charge in [-0.05, 0) is 37.3 Å². The molecule has 1 N–H and O–H groups in total. The number of allylic oxidation sites excluding steroid dienone is 2. The Balaban J connectivity index is 1.46. The molecule has 0 bridgehead atoms. The Morgan fingerprint density at radius 1 is 1.16 bits per heavy atom. The van der Waals surface area contributed by atoms with E-state index in [0.29, 0.717) is 12.4 Å². The molecule has 0 aromatic heterocycles. The molecule has 0 spiro atoms. The van der Waals surface area contributed by atoms with E-state index in [1.165, 1.54) is 6.08 Å². The number of rotatable bonds is 6. The standard InChI is InChI=1S/C25H24N2O3S2/c1-2-30-24(28)15-8-16-31-19-10-7-9-18(17-19)26-25(29)27-20-11-3-5-13-22(20)32-23-14-6-4-12-21(23)27/h3-15,17,20,22H,2,16H2,1H3,(H,26,29)/b15-8+. The molecular weight excluding hydrogens is 440 g/mol. The van der Waals surface area contributed by atoms with Gasteiger partial charge in [-0.2, -0.15) is 0 Å². The van der Waals surface area contributed by atoms with Gasteiger partial charge < -0.3 is 10.1 Å². The molecule has 2 atom stereocenters. The van der Waals surface area contributed by atoms with Gasteiger partial charge in [0, 0.05) is 27.3 Å². The highest BCUT2D eigenvalue weighted by atomic mass is 32.2. The van der Waals surface area contributed by atoms with E-state index in [0.717, 1.165) is 21.2 Å². The first-order chi connectivity index (χ1) is 15.7. The Kier molecular flexibility index (Phi) is 7.39. The number of hydrogen-bond donors (Lipinski definition) is 1. The predicted octanol–water partition coefficient (Wildman–Crippen LogP) is 5.91. The normalized spacial score (nSPS) is 18.8. The molecule has 0 saturated heterocycles. The van der Waals surface area contributed by atoms with E-state index in [1.807, 2.05) is 59.5 Å². The summed E-state index contributed by atoms with van der Waals surface area (Å²) in [5.74, 6) is 0.299. The number of benzene rings is 2. The quantitative estimate of drug-likeness (QED) is 0.327. The van der Waals surface area contributed by atoms with Crippen LogP contribution in [0.3, 0.4) is 0 Å². The molecular formula is C25H24N2O3S2. The van der Waals surface area contributed by atoms with Crippen LogP contribution in [0.2, 0.25) is 0 Å². The van der Waals surface area contributed by atoms with Gasteiger partial charge in [0.2, 0.25) is 0 Å². The van der Waals surface area contributed by atoms with Crippen molar-refractivity contribution in [1.82, 2.24) is 0 Å². The summed E-state index contributed by atoms with van der Waals surface area (Å²) in [5, 5.41) is 3.25. The van der Waals surface area contributed by atoms with E-state index >= 15 is 0 Å². The molecule has 0 radical (unpaired) electrons. The average Bonchev–Trinajstić information content (AvgIpc) is 2.80. The number of carbonyl (C=O) groups is 2. The fraction of sp³-hybridized carbons (Fsp3) is 0.200. The van der Waals surface area contributed by atoms with Crippen molar-refractivity contribution in [3.8, 4) is 0 Å². The third kappa shape index (κ3) is 5.29. The van der Waals surface area contributed by atoms with Gasteiger partial charge >= 0.3 is 12.0 Å². The number of carbonyl (C=O) groups excluding carboxylic acids is 2. The maximum atomic E-state index is 13.4. The molecule has 164 valence electrons. The van der Waals surface area contributed by atoms with Crippen molar-refractivity contribution in [3.63, 3.8) is 0 Å². The van der Waals surface area contributed by atoms with E-state index in [1.54, 1.807) is 36.5 Å². The number of anilines is 2. The molecule has 1 aliphatic carbocycles. The second-order valence-electron chi connectivity index (χ2n) is 7.10. The first kappa shape index (κ1) is 22.3. The molecule has 2 unspecified atom stereocenters. The smallest absolute Gasteiger partial charge is 0.330 e. The first-order valence-electron chi connectivity index (χ1n) is 10.4. The lowest BCUT2D eigenvalue weighted by Gasteiger charge is -2.40. The third-order valence-corrected chi connectivity index (χ3v) is 7.19.